The van der Waals surface area contributed by atoms with Crippen molar-refractivity contribution in [3.8, 4) is 0 Å². The second-order valence-corrected chi connectivity index (χ2v) is 7.32. The topological polar surface area (TPSA) is 75.4 Å². The molecule has 1 aromatic carbocycles. The molecular weight excluding hydrogens is 274 g/mol. The van der Waals surface area contributed by atoms with Crippen LogP contribution in [0.15, 0.2) is 17.0 Å². The minimum absolute atomic E-state index is 0.176. The molecule has 20 heavy (non-hydrogen) atoms. The van der Waals surface area contributed by atoms with Crippen LogP contribution in [-0.2, 0) is 10.0 Å². The lowest BCUT2D eigenvalue weighted by Crippen LogP contribution is -2.34. The van der Waals surface area contributed by atoms with E-state index >= 15 is 0 Å². The molecular formula is C14H23N3O2S. The maximum atomic E-state index is 12.3. The van der Waals surface area contributed by atoms with Crippen LogP contribution in [0.3, 0.4) is 0 Å². The fourth-order valence-electron chi connectivity index (χ4n) is 2.18. The van der Waals surface area contributed by atoms with Crippen LogP contribution in [0.25, 0.3) is 0 Å². The van der Waals surface area contributed by atoms with Crippen molar-refractivity contribution < 1.29 is 8.42 Å². The summed E-state index contributed by atoms with van der Waals surface area (Å²) in [7, 11) is -1.51. The highest BCUT2D eigenvalue weighted by molar-refractivity contribution is 7.89. The van der Waals surface area contributed by atoms with Crippen molar-refractivity contribution in [1.82, 2.24) is 9.62 Å². The molecule has 0 bridgehead atoms. The summed E-state index contributed by atoms with van der Waals surface area (Å²) < 4.78 is 27.2. The van der Waals surface area contributed by atoms with Gasteiger partial charge in [0.2, 0.25) is 10.0 Å². The van der Waals surface area contributed by atoms with E-state index in [9.17, 15) is 8.42 Å². The summed E-state index contributed by atoms with van der Waals surface area (Å²) >= 11 is 0. The third kappa shape index (κ3) is 3.50. The first-order valence-electron chi connectivity index (χ1n) is 6.88. The van der Waals surface area contributed by atoms with Gasteiger partial charge in [0.15, 0.2) is 0 Å². The zero-order valence-electron chi connectivity index (χ0n) is 12.3. The number of likely N-dealkylation sites (N-methyl/N-ethyl adjacent to an activating group) is 1. The average molecular weight is 297 g/mol. The summed E-state index contributed by atoms with van der Waals surface area (Å²) in [5.41, 5.74) is 8.06. The molecule has 1 aliphatic carbocycles. The molecule has 0 aliphatic heterocycles. The number of anilines is 1. The molecule has 0 heterocycles. The Balaban J connectivity index is 2.04. The Morgan fingerprint density at radius 3 is 2.50 bits per heavy atom. The Labute approximate surface area is 121 Å². The first-order chi connectivity index (χ1) is 9.31. The van der Waals surface area contributed by atoms with Gasteiger partial charge in [0, 0.05) is 19.1 Å². The Bertz CT molecular complexity index is 595. The van der Waals surface area contributed by atoms with Crippen molar-refractivity contribution >= 4 is 15.7 Å². The molecule has 5 nitrogen and oxygen atoms in total. The highest BCUT2D eigenvalue weighted by Crippen LogP contribution is 2.25. The lowest BCUT2D eigenvalue weighted by atomic mass is 10.1. The third-order valence-electron chi connectivity index (χ3n) is 3.84. The molecule has 2 rings (SSSR count). The molecule has 0 amide bonds. The van der Waals surface area contributed by atoms with E-state index in [1.807, 2.05) is 20.9 Å². The van der Waals surface area contributed by atoms with Gasteiger partial charge in [-0.3, -0.25) is 0 Å². The molecule has 1 aliphatic rings. The quantitative estimate of drug-likeness (QED) is 0.775. The molecule has 0 aromatic heterocycles. The summed E-state index contributed by atoms with van der Waals surface area (Å²) in [5.74, 6) is 0. The fraction of sp³-hybridized carbons (Fsp3) is 0.571. The number of nitrogens with one attached hydrogen (secondary N) is 1. The molecule has 1 aromatic rings. The van der Waals surface area contributed by atoms with Gasteiger partial charge in [-0.2, -0.15) is 0 Å². The van der Waals surface area contributed by atoms with E-state index in [0.717, 1.165) is 11.1 Å². The van der Waals surface area contributed by atoms with Gasteiger partial charge in [0.25, 0.3) is 0 Å². The van der Waals surface area contributed by atoms with Crippen LogP contribution in [0.2, 0.25) is 0 Å². The van der Waals surface area contributed by atoms with Crippen LogP contribution in [0.1, 0.15) is 24.0 Å². The average Bonchev–Trinajstić information content (AvgIpc) is 3.17. The van der Waals surface area contributed by atoms with Crippen molar-refractivity contribution in [2.75, 3.05) is 25.9 Å². The monoisotopic (exact) mass is 297 g/mol. The van der Waals surface area contributed by atoms with Crippen molar-refractivity contribution in [2.45, 2.75) is 37.6 Å². The van der Waals surface area contributed by atoms with E-state index in [-0.39, 0.29) is 4.90 Å². The normalized spacial score (nSPS) is 15.8. The van der Waals surface area contributed by atoms with Crippen LogP contribution in [0.4, 0.5) is 5.69 Å². The maximum Gasteiger partial charge on any atom is 0.242 e. The highest BCUT2D eigenvalue weighted by Gasteiger charge is 2.26. The van der Waals surface area contributed by atoms with Gasteiger partial charge < -0.3 is 10.6 Å². The number of benzene rings is 1. The smallest absolute Gasteiger partial charge is 0.242 e. The van der Waals surface area contributed by atoms with Crippen LogP contribution in [0.5, 0.6) is 0 Å². The predicted octanol–water partition coefficient (Wildman–Crippen LogP) is 1.26. The number of sulfonamides is 1. The van der Waals surface area contributed by atoms with Crippen LogP contribution in [-0.4, -0.2) is 39.5 Å². The van der Waals surface area contributed by atoms with Gasteiger partial charge in [-0.15, -0.1) is 0 Å². The van der Waals surface area contributed by atoms with Crippen molar-refractivity contribution in [1.29, 1.82) is 0 Å². The lowest BCUT2D eigenvalue weighted by molar-refractivity contribution is 0.329. The number of aryl methyl sites for hydroxylation is 2. The van der Waals surface area contributed by atoms with Crippen molar-refractivity contribution in [3.05, 3.63) is 23.3 Å². The number of nitrogens with zero attached hydrogens (tertiary/aromatic N) is 1. The zero-order valence-corrected chi connectivity index (χ0v) is 13.1. The minimum Gasteiger partial charge on any atom is -0.398 e. The van der Waals surface area contributed by atoms with Crippen molar-refractivity contribution in [2.24, 2.45) is 0 Å². The van der Waals surface area contributed by atoms with Gasteiger partial charge in [-0.1, -0.05) is 0 Å². The van der Waals surface area contributed by atoms with Gasteiger partial charge >= 0.3 is 0 Å². The number of nitrogens with two attached hydrogens (primary N) is 1. The molecule has 0 radical (unpaired) electrons. The van der Waals surface area contributed by atoms with E-state index < -0.39 is 10.0 Å². The number of nitrogen functional groups attached to an aromatic ring is 1. The Morgan fingerprint density at radius 2 is 1.90 bits per heavy atom. The third-order valence-corrected chi connectivity index (χ3v) is 5.36. The van der Waals surface area contributed by atoms with Crippen LogP contribution in [0, 0.1) is 13.8 Å². The number of hydrogen-bond acceptors (Lipinski definition) is 4. The van der Waals surface area contributed by atoms with E-state index in [4.69, 9.17) is 5.73 Å². The summed E-state index contributed by atoms with van der Waals surface area (Å²) in [5, 5.41) is 0. The lowest BCUT2D eigenvalue weighted by Gasteiger charge is -2.16. The Kier molecular flexibility index (Phi) is 4.36. The molecule has 0 unspecified atom stereocenters. The molecule has 0 atom stereocenters. The van der Waals surface area contributed by atoms with Gasteiger partial charge in [-0.25, -0.2) is 13.1 Å². The largest absolute Gasteiger partial charge is 0.398 e. The molecule has 1 fully saturated rings. The predicted molar refractivity (Wildman–Crippen MR) is 81.2 cm³/mol. The van der Waals surface area contributed by atoms with Crippen LogP contribution < -0.4 is 10.5 Å². The summed E-state index contributed by atoms with van der Waals surface area (Å²) in [4.78, 5) is 2.36. The van der Waals surface area contributed by atoms with E-state index in [1.165, 1.54) is 12.8 Å². The van der Waals surface area contributed by atoms with Crippen molar-refractivity contribution in [3.63, 3.8) is 0 Å². The highest BCUT2D eigenvalue weighted by atomic mass is 32.2. The summed E-state index contributed by atoms with van der Waals surface area (Å²) in [6, 6.07) is 3.98. The molecule has 0 saturated heterocycles. The first-order valence-corrected chi connectivity index (χ1v) is 8.36. The second-order valence-electron chi connectivity index (χ2n) is 5.58. The summed E-state index contributed by atoms with van der Waals surface area (Å²) in [6.07, 6.45) is 2.43. The SMILES string of the molecule is Cc1cc(N)c(S(=O)(=O)NCCN(C)C2CC2)cc1C. The molecule has 6 heteroatoms. The Morgan fingerprint density at radius 1 is 1.30 bits per heavy atom. The summed E-state index contributed by atoms with van der Waals surface area (Å²) in [6.45, 7) is 4.92. The van der Waals surface area contributed by atoms with Gasteiger partial charge in [0.1, 0.15) is 4.90 Å². The molecule has 0 spiro atoms. The zero-order chi connectivity index (χ0) is 14.9. The Hall–Kier alpha value is -1.11. The molecule has 112 valence electrons. The van der Waals surface area contributed by atoms with E-state index in [1.54, 1.807) is 12.1 Å². The van der Waals surface area contributed by atoms with E-state index in [2.05, 4.69) is 9.62 Å². The number of hydrogen-bond donors (Lipinski definition) is 2. The second kappa shape index (κ2) is 5.71. The first kappa shape index (κ1) is 15.3. The molecule has 1 saturated carbocycles. The number of rotatable bonds is 6. The molecule has 3 N–H and O–H groups in total. The van der Waals surface area contributed by atoms with Gasteiger partial charge in [0.05, 0.1) is 5.69 Å². The van der Waals surface area contributed by atoms with E-state index in [0.29, 0.717) is 24.8 Å². The standard InChI is InChI=1S/C14H23N3O2S/c1-10-8-13(15)14(9-11(10)2)20(18,19)16-6-7-17(3)12-4-5-12/h8-9,12,16H,4-7,15H2,1-3H3. The van der Waals surface area contributed by atoms with Crippen LogP contribution >= 0.6 is 0 Å². The maximum absolute atomic E-state index is 12.3. The fourth-order valence-corrected chi connectivity index (χ4v) is 3.39. The van der Waals surface area contributed by atoms with Gasteiger partial charge in [-0.05, 0) is 57.0 Å². The minimum atomic E-state index is -3.53.